The number of carbonyl (C=O) groups is 4. The Balaban J connectivity index is 1.16. The maximum absolute atomic E-state index is 13.5. The monoisotopic (exact) mass is 665 g/mol. The van der Waals surface area contributed by atoms with Crippen LogP contribution in [0.25, 0.3) is 11.1 Å². The Kier molecular flexibility index (Phi) is 10.3. The first-order valence-electron chi connectivity index (χ1n) is 14.7. The van der Waals surface area contributed by atoms with Crippen LogP contribution in [-0.2, 0) is 27.1 Å². The largest absolute Gasteiger partial charge is 0.480 e. The Labute approximate surface area is 272 Å². The maximum atomic E-state index is 13.5. The Morgan fingerprint density at radius 2 is 1.62 bits per heavy atom. The number of benzene rings is 3. The zero-order valence-corrected chi connectivity index (χ0v) is 25.7. The number of aliphatic carboxylic acids is 1. The fourth-order valence-electron chi connectivity index (χ4n) is 5.24. The molecule has 2 heterocycles. The van der Waals surface area contributed by atoms with Gasteiger partial charge < -0.3 is 20.1 Å². The number of carbonyl (C=O) groups excluding carboxylic acids is 3. The van der Waals surface area contributed by atoms with Crippen LogP contribution in [0, 0.1) is 0 Å². The number of hydrogen-bond acceptors (Lipinski definition) is 7. The minimum absolute atomic E-state index is 0.0223. The van der Waals surface area contributed by atoms with E-state index in [0.29, 0.717) is 47.6 Å². The van der Waals surface area contributed by atoms with Crippen molar-refractivity contribution < 1.29 is 42.2 Å². The number of carboxylic acid groups (broad SMARTS) is 1. The molecule has 1 aromatic heterocycles. The second-order valence-electron chi connectivity index (χ2n) is 11.0. The van der Waals surface area contributed by atoms with Gasteiger partial charge in [-0.2, -0.15) is 13.2 Å². The van der Waals surface area contributed by atoms with Gasteiger partial charge in [0.1, 0.15) is 18.3 Å². The first kappa shape index (κ1) is 33.3. The quantitative estimate of drug-likeness (QED) is 0.194. The van der Waals surface area contributed by atoms with Gasteiger partial charge in [-0.1, -0.05) is 60.7 Å². The molecule has 2 amide bonds. The number of thiazole rings is 1. The summed E-state index contributed by atoms with van der Waals surface area (Å²) in [7, 11) is 0. The maximum Gasteiger partial charge on any atom is 0.416 e. The molecule has 3 aromatic carbocycles. The van der Waals surface area contributed by atoms with Crippen LogP contribution in [-0.4, -0.2) is 57.9 Å². The van der Waals surface area contributed by atoms with Gasteiger partial charge in [0, 0.05) is 30.0 Å². The molecule has 0 radical (unpaired) electrons. The topological polar surface area (TPSA) is 126 Å². The lowest BCUT2D eigenvalue weighted by molar-refractivity contribution is -0.150. The number of ether oxygens (including phenoxy) is 1. The first-order chi connectivity index (χ1) is 22.5. The summed E-state index contributed by atoms with van der Waals surface area (Å²) in [5.74, 6) is -3.17. The van der Waals surface area contributed by atoms with E-state index in [1.165, 1.54) is 28.8 Å². The van der Waals surface area contributed by atoms with Crippen molar-refractivity contribution in [2.75, 3.05) is 13.1 Å². The molecule has 0 bridgehead atoms. The summed E-state index contributed by atoms with van der Waals surface area (Å²) in [4.78, 5) is 56.5. The van der Waals surface area contributed by atoms with Crippen molar-refractivity contribution in [2.24, 2.45) is 0 Å². The summed E-state index contributed by atoms with van der Waals surface area (Å²) in [6, 6.07) is 18.9. The highest BCUT2D eigenvalue weighted by atomic mass is 32.1. The molecular weight excluding hydrogens is 635 g/mol. The molecule has 0 spiro atoms. The van der Waals surface area contributed by atoms with Crippen LogP contribution in [0.3, 0.4) is 0 Å². The number of rotatable bonds is 10. The minimum Gasteiger partial charge on any atom is -0.480 e. The number of amides is 2. The predicted octanol–water partition coefficient (Wildman–Crippen LogP) is 6.17. The molecule has 5 rings (SSSR count). The van der Waals surface area contributed by atoms with E-state index in [4.69, 9.17) is 4.74 Å². The van der Waals surface area contributed by atoms with Crippen LogP contribution in [0.5, 0.6) is 0 Å². The zero-order chi connectivity index (χ0) is 33.6. The van der Waals surface area contributed by atoms with Crippen molar-refractivity contribution in [3.8, 4) is 11.1 Å². The number of piperidine rings is 1. The molecule has 1 atom stereocenters. The van der Waals surface area contributed by atoms with Gasteiger partial charge in [0.05, 0.1) is 17.0 Å². The van der Waals surface area contributed by atoms with Crippen molar-refractivity contribution >= 4 is 35.1 Å². The molecule has 0 saturated carbocycles. The van der Waals surface area contributed by atoms with E-state index in [1.807, 2.05) is 6.07 Å². The lowest BCUT2D eigenvalue weighted by Gasteiger charge is -2.31. The summed E-state index contributed by atoms with van der Waals surface area (Å²) in [6.45, 7) is 0.780. The summed E-state index contributed by atoms with van der Waals surface area (Å²) >= 11 is 1.25. The van der Waals surface area contributed by atoms with Crippen LogP contribution in [0.2, 0.25) is 0 Å². The highest BCUT2D eigenvalue weighted by Gasteiger charge is 2.31. The number of hydrogen-bond donors (Lipinski definition) is 2. The van der Waals surface area contributed by atoms with E-state index in [2.05, 4.69) is 10.3 Å². The molecule has 244 valence electrons. The van der Waals surface area contributed by atoms with Crippen molar-refractivity contribution in [2.45, 2.75) is 44.0 Å². The standard InChI is InChI=1S/C34H30F3N3O6S/c35-34(36,37)24-12-10-22(11-13-24)25-8-4-5-9-26(25)32(43)40-16-14-23(15-17-40)31-39-28(20-47-31)30(42)38-27(33(44)45)18-29(41)46-19-21-6-2-1-3-7-21/h1-13,20,23,27H,14-19H2,(H,38,42)(H,44,45)/t27-/m0/s1. The molecular formula is C34H30F3N3O6S. The molecule has 2 N–H and O–H groups in total. The van der Waals surface area contributed by atoms with E-state index in [9.17, 15) is 37.5 Å². The van der Waals surface area contributed by atoms with Crippen molar-refractivity contribution in [1.29, 1.82) is 0 Å². The second kappa shape index (κ2) is 14.6. The van der Waals surface area contributed by atoms with Crippen LogP contribution in [0.1, 0.15) is 62.2 Å². The third kappa shape index (κ3) is 8.41. The number of nitrogens with zero attached hydrogens (tertiary/aromatic N) is 2. The Morgan fingerprint density at radius 3 is 2.28 bits per heavy atom. The number of carboxylic acids is 1. The van der Waals surface area contributed by atoms with Crippen LogP contribution in [0.15, 0.2) is 84.2 Å². The van der Waals surface area contributed by atoms with Crippen LogP contribution < -0.4 is 5.32 Å². The Morgan fingerprint density at radius 1 is 0.957 bits per heavy atom. The van der Waals surface area contributed by atoms with Gasteiger partial charge in [0.25, 0.3) is 11.8 Å². The fraction of sp³-hybridized carbons (Fsp3) is 0.265. The van der Waals surface area contributed by atoms with E-state index >= 15 is 0 Å². The molecule has 9 nitrogen and oxygen atoms in total. The van der Waals surface area contributed by atoms with Gasteiger partial charge >= 0.3 is 18.1 Å². The predicted molar refractivity (Wildman–Crippen MR) is 167 cm³/mol. The molecule has 4 aromatic rings. The van der Waals surface area contributed by atoms with E-state index in [1.54, 1.807) is 53.4 Å². The van der Waals surface area contributed by atoms with Crippen LogP contribution >= 0.6 is 11.3 Å². The normalized spacial score (nSPS) is 14.3. The Hall–Kier alpha value is -5.04. The van der Waals surface area contributed by atoms with Crippen molar-refractivity contribution in [3.63, 3.8) is 0 Å². The number of likely N-dealkylation sites (tertiary alicyclic amines) is 1. The Bertz CT molecular complexity index is 1740. The molecule has 0 aliphatic carbocycles. The molecule has 47 heavy (non-hydrogen) atoms. The van der Waals surface area contributed by atoms with Crippen LogP contribution in [0.4, 0.5) is 13.2 Å². The number of aromatic nitrogens is 1. The lowest BCUT2D eigenvalue weighted by atomic mass is 9.94. The van der Waals surface area contributed by atoms with E-state index < -0.39 is 42.0 Å². The number of halogens is 3. The molecule has 1 saturated heterocycles. The number of alkyl halides is 3. The average molecular weight is 666 g/mol. The van der Waals surface area contributed by atoms with Crippen molar-refractivity contribution in [3.05, 3.63) is 112 Å². The molecule has 1 aliphatic rings. The third-order valence-corrected chi connectivity index (χ3v) is 8.79. The number of esters is 1. The van der Waals surface area contributed by atoms with E-state index in [-0.39, 0.29) is 24.1 Å². The fourth-order valence-corrected chi connectivity index (χ4v) is 6.21. The second-order valence-corrected chi connectivity index (χ2v) is 11.9. The van der Waals surface area contributed by atoms with Crippen molar-refractivity contribution in [1.82, 2.24) is 15.2 Å². The SMILES string of the molecule is O=C(C[C@H](NC(=O)c1csc(C2CCN(C(=O)c3ccccc3-c3ccc(C(F)(F)F)cc3)CC2)n1)C(=O)O)OCc1ccccc1. The van der Waals surface area contributed by atoms with Gasteiger partial charge in [-0.05, 0) is 47.7 Å². The highest BCUT2D eigenvalue weighted by Crippen LogP contribution is 2.34. The highest BCUT2D eigenvalue weighted by molar-refractivity contribution is 7.09. The average Bonchev–Trinajstić information content (AvgIpc) is 3.58. The molecule has 0 unspecified atom stereocenters. The van der Waals surface area contributed by atoms with Gasteiger partial charge in [-0.25, -0.2) is 9.78 Å². The third-order valence-electron chi connectivity index (χ3n) is 7.78. The molecule has 1 aliphatic heterocycles. The summed E-state index contributed by atoms with van der Waals surface area (Å²) < 4.78 is 44.3. The molecule has 13 heteroatoms. The summed E-state index contributed by atoms with van der Waals surface area (Å²) in [6.07, 6.45) is -3.89. The summed E-state index contributed by atoms with van der Waals surface area (Å²) in [5.41, 5.74) is 1.42. The summed E-state index contributed by atoms with van der Waals surface area (Å²) in [5, 5.41) is 14.1. The van der Waals surface area contributed by atoms with Gasteiger partial charge in [-0.15, -0.1) is 11.3 Å². The smallest absolute Gasteiger partial charge is 0.416 e. The first-order valence-corrected chi connectivity index (χ1v) is 15.6. The van der Waals surface area contributed by atoms with Gasteiger partial charge in [0.2, 0.25) is 0 Å². The lowest BCUT2D eigenvalue weighted by Crippen LogP contribution is -2.42. The van der Waals surface area contributed by atoms with E-state index in [0.717, 1.165) is 17.7 Å². The number of nitrogens with one attached hydrogen (secondary N) is 1. The minimum atomic E-state index is -4.46. The zero-order valence-electron chi connectivity index (χ0n) is 24.9. The van der Waals surface area contributed by atoms with Gasteiger partial charge in [0.15, 0.2) is 0 Å². The van der Waals surface area contributed by atoms with Gasteiger partial charge in [-0.3, -0.25) is 14.4 Å². The molecule has 1 fully saturated rings.